The molecule has 1 aromatic rings. The molecular formula is C9H10N2O4. The highest BCUT2D eigenvalue weighted by Gasteiger charge is 2.41. The lowest BCUT2D eigenvalue weighted by molar-refractivity contribution is -0.142. The maximum atomic E-state index is 11.1. The second-order valence-electron chi connectivity index (χ2n) is 3.52. The van der Waals surface area contributed by atoms with Crippen molar-refractivity contribution in [3.05, 3.63) is 17.8 Å². The lowest BCUT2D eigenvalue weighted by Gasteiger charge is -2.10. The number of aryl methyl sites for hydroxylation is 1. The predicted molar refractivity (Wildman–Crippen MR) is 47.9 cm³/mol. The van der Waals surface area contributed by atoms with Gasteiger partial charge >= 0.3 is 5.97 Å². The molecule has 0 bridgehead atoms. The third-order valence-corrected chi connectivity index (χ3v) is 2.34. The predicted octanol–water partition coefficient (Wildman–Crippen LogP) is 0.245. The number of hydrogen-bond donors (Lipinski definition) is 2. The van der Waals surface area contributed by atoms with Crippen molar-refractivity contribution in [1.29, 1.82) is 0 Å². The first-order chi connectivity index (χ1) is 7.08. The van der Waals surface area contributed by atoms with E-state index in [2.05, 4.69) is 10.3 Å². The van der Waals surface area contributed by atoms with Crippen LogP contribution in [0.3, 0.4) is 0 Å². The Labute approximate surface area is 85.3 Å². The number of oxazole rings is 1. The zero-order valence-corrected chi connectivity index (χ0v) is 8.06. The minimum atomic E-state index is -1.02. The summed E-state index contributed by atoms with van der Waals surface area (Å²) in [5.41, 5.74) is 0.662. The van der Waals surface area contributed by atoms with Crippen LogP contribution >= 0.6 is 0 Å². The molecule has 2 heterocycles. The molecule has 2 rings (SSSR count). The Hall–Kier alpha value is -1.85. The number of carbonyl (C=O) groups is 2. The van der Waals surface area contributed by atoms with Crippen LogP contribution in [0.25, 0.3) is 0 Å². The Morgan fingerprint density at radius 1 is 1.73 bits per heavy atom. The molecule has 0 aromatic carbocycles. The number of nitrogens with one attached hydrogen (secondary N) is 1. The monoisotopic (exact) mass is 210 g/mol. The third kappa shape index (κ3) is 1.70. The van der Waals surface area contributed by atoms with E-state index in [-0.39, 0.29) is 18.2 Å². The Morgan fingerprint density at radius 3 is 3.00 bits per heavy atom. The maximum Gasteiger partial charge on any atom is 0.309 e. The Bertz CT molecular complexity index is 412. The molecule has 1 saturated heterocycles. The quantitative estimate of drug-likeness (QED) is 0.729. The topological polar surface area (TPSA) is 92.4 Å². The average Bonchev–Trinajstić information content (AvgIpc) is 2.71. The fraction of sp³-hybridized carbons (Fsp3) is 0.444. The molecule has 0 saturated carbocycles. The minimum Gasteiger partial charge on any atom is -0.481 e. The van der Waals surface area contributed by atoms with Crippen LogP contribution in [0.1, 0.15) is 24.0 Å². The largest absolute Gasteiger partial charge is 0.481 e. The SMILES string of the molecule is Cc1coc(C2NC(=O)CC2C(=O)O)n1. The molecule has 2 unspecified atom stereocenters. The van der Waals surface area contributed by atoms with Crippen LogP contribution in [0, 0.1) is 12.8 Å². The summed E-state index contributed by atoms with van der Waals surface area (Å²) in [6, 6.07) is -0.649. The van der Waals surface area contributed by atoms with E-state index in [4.69, 9.17) is 9.52 Å². The van der Waals surface area contributed by atoms with Gasteiger partial charge in [-0.25, -0.2) is 4.98 Å². The van der Waals surface area contributed by atoms with Gasteiger partial charge < -0.3 is 14.8 Å². The van der Waals surface area contributed by atoms with Gasteiger partial charge in [0, 0.05) is 6.42 Å². The van der Waals surface area contributed by atoms with Crippen LogP contribution < -0.4 is 5.32 Å². The van der Waals surface area contributed by atoms with Gasteiger partial charge in [0.2, 0.25) is 11.8 Å². The van der Waals surface area contributed by atoms with Gasteiger partial charge in [-0.1, -0.05) is 0 Å². The van der Waals surface area contributed by atoms with Gasteiger partial charge in [-0.3, -0.25) is 9.59 Å². The number of aliphatic carboxylic acids is 1. The molecular weight excluding hydrogens is 200 g/mol. The summed E-state index contributed by atoms with van der Waals surface area (Å²) in [6.45, 7) is 1.74. The van der Waals surface area contributed by atoms with Gasteiger partial charge in [0.15, 0.2) is 0 Å². The first-order valence-electron chi connectivity index (χ1n) is 4.52. The zero-order valence-electron chi connectivity index (χ0n) is 8.06. The number of aromatic nitrogens is 1. The van der Waals surface area contributed by atoms with Crippen molar-refractivity contribution in [2.24, 2.45) is 5.92 Å². The van der Waals surface area contributed by atoms with E-state index in [1.807, 2.05) is 0 Å². The molecule has 15 heavy (non-hydrogen) atoms. The summed E-state index contributed by atoms with van der Waals surface area (Å²) in [5, 5.41) is 11.4. The number of nitrogens with zero attached hydrogens (tertiary/aromatic N) is 1. The van der Waals surface area contributed by atoms with Crippen LogP contribution in [0.4, 0.5) is 0 Å². The second kappa shape index (κ2) is 3.38. The molecule has 1 aliphatic rings. The fourth-order valence-electron chi connectivity index (χ4n) is 1.63. The summed E-state index contributed by atoms with van der Waals surface area (Å²) in [6.07, 6.45) is 1.40. The Balaban J connectivity index is 2.27. The summed E-state index contributed by atoms with van der Waals surface area (Å²) < 4.78 is 5.09. The van der Waals surface area contributed by atoms with Crippen molar-refractivity contribution in [2.75, 3.05) is 0 Å². The van der Waals surface area contributed by atoms with Gasteiger partial charge in [0.25, 0.3) is 0 Å². The summed E-state index contributed by atoms with van der Waals surface area (Å²) in [4.78, 5) is 26.0. The smallest absolute Gasteiger partial charge is 0.309 e. The van der Waals surface area contributed by atoms with Gasteiger partial charge in [-0.2, -0.15) is 0 Å². The van der Waals surface area contributed by atoms with Gasteiger partial charge in [0.05, 0.1) is 11.6 Å². The van der Waals surface area contributed by atoms with Gasteiger partial charge in [0.1, 0.15) is 12.3 Å². The number of carboxylic acid groups (broad SMARTS) is 1. The highest BCUT2D eigenvalue weighted by atomic mass is 16.4. The van der Waals surface area contributed by atoms with Crippen LogP contribution in [0.15, 0.2) is 10.7 Å². The van der Waals surface area contributed by atoms with Gasteiger partial charge in [-0.15, -0.1) is 0 Å². The number of hydrogen-bond acceptors (Lipinski definition) is 4. The molecule has 0 spiro atoms. The highest BCUT2D eigenvalue weighted by Crippen LogP contribution is 2.29. The van der Waals surface area contributed by atoms with Crippen molar-refractivity contribution in [2.45, 2.75) is 19.4 Å². The molecule has 6 heteroatoms. The van der Waals surface area contributed by atoms with Crippen molar-refractivity contribution in [3.63, 3.8) is 0 Å². The molecule has 1 fully saturated rings. The lowest BCUT2D eigenvalue weighted by Crippen LogP contribution is -2.24. The van der Waals surface area contributed by atoms with E-state index < -0.39 is 17.9 Å². The third-order valence-electron chi connectivity index (χ3n) is 2.34. The highest BCUT2D eigenvalue weighted by molar-refractivity contribution is 5.86. The van der Waals surface area contributed by atoms with E-state index in [9.17, 15) is 9.59 Å². The molecule has 1 aromatic heterocycles. The number of carbonyl (C=O) groups excluding carboxylic acids is 1. The van der Waals surface area contributed by atoms with E-state index in [0.29, 0.717) is 5.69 Å². The number of carboxylic acids is 1. The van der Waals surface area contributed by atoms with E-state index in [1.165, 1.54) is 6.26 Å². The molecule has 80 valence electrons. The average molecular weight is 210 g/mol. The Kier molecular flexibility index (Phi) is 2.18. The first kappa shape index (κ1) is 9.70. The van der Waals surface area contributed by atoms with Crippen LogP contribution in [0.2, 0.25) is 0 Å². The molecule has 0 aliphatic carbocycles. The minimum absolute atomic E-state index is 0.0264. The molecule has 2 N–H and O–H groups in total. The fourth-order valence-corrected chi connectivity index (χ4v) is 1.63. The summed E-state index contributed by atoms with van der Waals surface area (Å²) in [7, 11) is 0. The molecule has 6 nitrogen and oxygen atoms in total. The lowest BCUT2D eigenvalue weighted by atomic mass is 10.0. The second-order valence-corrected chi connectivity index (χ2v) is 3.52. The number of amides is 1. The first-order valence-corrected chi connectivity index (χ1v) is 4.52. The normalized spacial score (nSPS) is 25.3. The van der Waals surface area contributed by atoms with Crippen molar-refractivity contribution < 1.29 is 19.1 Å². The molecule has 2 atom stereocenters. The van der Waals surface area contributed by atoms with Crippen molar-refractivity contribution >= 4 is 11.9 Å². The maximum absolute atomic E-state index is 11.1. The van der Waals surface area contributed by atoms with Crippen molar-refractivity contribution in [1.82, 2.24) is 10.3 Å². The number of rotatable bonds is 2. The van der Waals surface area contributed by atoms with Crippen LogP contribution in [0.5, 0.6) is 0 Å². The summed E-state index contributed by atoms with van der Waals surface area (Å²) >= 11 is 0. The van der Waals surface area contributed by atoms with E-state index >= 15 is 0 Å². The van der Waals surface area contributed by atoms with E-state index in [1.54, 1.807) is 6.92 Å². The van der Waals surface area contributed by atoms with Crippen LogP contribution in [-0.2, 0) is 9.59 Å². The standard InChI is InChI=1S/C9H10N2O4/c1-4-3-15-8(10-4)7-5(9(13)14)2-6(12)11-7/h3,5,7H,2H2,1H3,(H,11,12)(H,13,14). The molecule has 0 radical (unpaired) electrons. The van der Waals surface area contributed by atoms with E-state index in [0.717, 1.165) is 0 Å². The molecule has 1 amide bonds. The van der Waals surface area contributed by atoms with Crippen molar-refractivity contribution in [3.8, 4) is 0 Å². The summed E-state index contributed by atoms with van der Waals surface area (Å²) in [5.74, 6) is -1.85. The van der Waals surface area contributed by atoms with Gasteiger partial charge in [-0.05, 0) is 6.92 Å². The zero-order chi connectivity index (χ0) is 11.0. The Morgan fingerprint density at radius 2 is 2.47 bits per heavy atom. The van der Waals surface area contributed by atoms with Crippen LogP contribution in [-0.4, -0.2) is 22.0 Å². The molecule has 1 aliphatic heterocycles.